The van der Waals surface area contributed by atoms with Crippen LogP contribution in [-0.4, -0.2) is 116 Å². The lowest BCUT2D eigenvalue weighted by atomic mass is 9.99. The van der Waals surface area contributed by atoms with Gasteiger partial charge in [-0.25, -0.2) is 18.2 Å². The molecule has 0 spiro atoms. The molecule has 2 aromatic rings. The van der Waals surface area contributed by atoms with Crippen LogP contribution in [0.15, 0.2) is 41.3 Å². The van der Waals surface area contributed by atoms with E-state index in [0.29, 0.717) is 48.9 Å². The lowest BCUT2D eigenvalue weighted by molar-refractivity contribution is -0.148. The molecular formula is C31H42F3N7O5S. The highest BCUT2D eigenvalue weighted by Gasteiger charge is 2.41. The zero-order valence-electron chi connectivity index (χ0n) is 27.2. The van der Waals surface area contributed by atoms with Crippen molar-refractivity contribution in [1.82, 2.24) is 19.1 Å². The topological polar surface area (TPSA) is 119 Å². The zero-order chi connectivity index (χ0) is 34.3. The molecule has 3 aliphatic rings. The number of fused-ring (bicyclic) bond motifs is 1. The summed E-state index contributed by atoms with van der Waals surface area (Å²) < 4.78 is 71.9. The van der Waals surface area contributed by atoms with Crippen LogP contribution in [0.1, 0.15) is 40.5 Å². The van der Waals surface area contributed by atoms with Crippen molar-refractivity contribution in [1.29, 1.82) is 0 Å². The number of carbonyl (C=O) groups is 2. The lowest BCUT2D eigenvalue weighted by Gasteiger charge is -2.46. The van der Waals surface area contributed by atoms with Gasteiger partial charge in [0.1, 0.15) is 17.5 Å². The first kappa shape index (κ1) is 34.7. The van der Waals surface area contributed by atoms with Gasteiger partial charge >= 0.3 is 12.3 Å². The fourth-order valence-electron chi connectivity index (χ4n) is 6.22. The number of pyridine rings is 1. The number of halogens is 3. The van der Waals surface area contributed by atoms with Crippen molar-refractivity contribution in [2.75, 3.05) is 68.0 Å². The van der Waals surface area contributed by atoms with E-state index in [4.69, 9.17) is 9.72 Å². The van der Waals surface area contributed by atoms with Gasteiger partial charge in [0.15, 0.2) is 5.82 Å². The third kappa shape index (κ3) is 7.92. The molecule has 5 rings (SSSR count). The summed E-state index contributed by atoms with van der Waals surface area (Å²) in [6.07, 6.45) is -3.48. The first-order chi connectivity index (χ1) is 21.9. The summed E-state index contributed by atoms with van der Waals surface area (Å²) >= 11 is 0. The number of benzene rings is 1. The van der Waals surface area contributed by atoms with E-state index in [9.17, 15) is 31.2 Å². The Bertz CT molecular complexity index is 1580. The monoisotopic (exact) mass is 681 g/mol. The number of carbonyl (C=O) groups excluding carboxylic acids is 2. The van der Waals surface area contributed by atoms with Crippen LogP contribution in [-0.2, 0) is 19.6 Å². The van der Waals surface area contributed by atoms with Gasteiger partial charge in [-0.3, -0.25) is 9.69 Å². The number of likely N-dealkylation sites (tertiary alicyclic amines) is 1. The molecule has 2 fully saturated rings. The number of amides is 2. The number of alkyl halides is 3. The van der Waals surface area contributed by atoms with E-state index in [1.54, 1.807) is 41.1 Å². The van der Waals surface area contributed by atoms with Gasteiger partial charge in [-0.05, 0) is 70.9 Å². The highest BCUT2D eigenvalue weighted by Crippen LogP contribution is 2.39. The number of hydrogen-bond donors (Lipinski definition) is 1. The van der Waals surface area contributed by atoms with E-state index in [0.717, 1.165) is 0 Å². The van der Waals surface area contributed by atoms with Crippen LogP contribution in [0.25, 0.3) is 0 Å². The molecule has 2 saturated heterocycles. The molecule has 0 saturated carbocycles. The van der Waals surface area contributed by atoms with Gasteiger partial charge in [0, 0.05) is 58.0 Å². The van der Waals surface area contributed by atoms with Crippen molar-refractivity contribution in [3.63, 3.8) is 0 Å². The second-order valence-corrected chi connectivity index (χ2v) is 15.1. The summed E-state index contributed by atoms with van der Waals surface area (Å²) in [4.78, 5) is 37.2. The van der Waals surface area contributed by atoms with Gasteiger partial charge in [0.25, 0.3) is 0 Å². The van der Waals surface area contributed by atoms with Gasteiger partial charge < -0.3 is 24.8 Å². The van der Waals surface area contributed by atoms with Crippen LogP contribution >= 0.6 is 0 Å². The maximum Gasteiger partial charge on any atom is 0.410 e. The molecule has 47 heavy (non-hydrogen) atoms. The minimum absolute atomic E-state index is 0.0123. The van der Waals surface area contributed by atoms with Crippen molar-refractivity contribution >= 4 is 45.0 Å². The fraction of sp³-hybridized carbons (Fsp3) is 0.581. The highest BCUT2D eigenvalue weighted by atomic mass is 32.2. The quantitative estimate of drug-likeness (QED) is 0.477. The molecule has 0 bridgehead atoms. The molecule has 4 heterocycles. The predicted molar refractivity (Wildman–Crippen MR) is 171 cm³/mol. The van der Waals surface area contributed by atoms with E-state index in [2.05, 4.69) is 5.32 Å². The Morgan fingerprint density at radius 3 is 2.30 bits per heavy atom. The molecule has 1 N–H and O–H groups in total. The Kier molecular flexibility index (Phi) is 9.68. The van der Waals surface area contributed by atoms with Crippen LogP contribution < -0.4 is 15.1 Å². The van der Waals surface area contributed by atoms with Crippen LogP contribution in [0.4, 0.5) is 41.0 Å². The second kappa shape index (κ2) is 13.1. The Hall–Kier alpha value is -3.63. The summed E-state index contributed by atoms with van der Waals surface area (Å²) in [5, 5.41) is 3.18. The van der Waals surface area contributed by atoms with E-state index in [-0.39, 0.29) is 49.1 Å². The molecule has 2 amide bonds. The van der Waals surface area contributed by atoms with Crippen LogP contribution in [0, 0.1) is 0 Å². The molecule has 0 unspecified atom stereocenters. The van der Waals surface area contributed by atoms with E-state index < -0.39 is 34.4 Å². The summed E-state index contributed by atoms with van der Waals surface area (Å²) in [5.41, 5.74) is 0.492. The second-order valence-electron chi connectivity index (χ2n) is 13.2. The smallest absolute Gasteiger partial charge is 0.410 e. The summed E-state index contributed by atoms with van der Waals surface area (Å²) in [6.45, 7) is 7.07. The van der Waals surface area contributed by atoms with Crippen molar-refractivity contribution in [3.8, 4) is 0 Å². The standard InChI is InChI=1S/C31H42F3N7O5S/c1-21-28(42)37(5)25-9-10-26(36-27(25)41(21)23-11-13-39(14-12-23)29(43)46-30(2,3)4)35-22-7-6-8-24(19-22)47(44,45)40-17-15-38(16-18-40)20-31(32,33)34/h6-10,19,21,23H,11-18,20H2,1-5H3,(H,35,36)/t21-/m1/s1. The van der Waals surface area contributed by atoms with Crippen LogP contribution in [0.3, 0.4) is 0 Å². The number of likely N-dealkylation sites (N-methyl/N-ethyl adjacent to an activating group) is 1. The number of sulfonamides is 1. The number of anilines is 4. The van der Waals surface area contributed by atoms with Crippen LogP contribution in [0.5, 0.6) is 0 Å². The van der Waals surface area contributed by atoms with E-state index in [1.165, 1.54) is 21.3 Å². The number of nitrogens with zero attached hydrogens (tertiary/aromatic N) is 6. The normalized spacial score (nSPS) is 20.7. The molecule has 1 atom stereocenters. The van der Waals surface area contributed by atoms with Crippen molar-refractivity contribution in [2.24, 2.45) is 0 Å². The minimum Gasteiger partial charge on any atom is -0.444 e. The number of nitrogens with one attached hydrogen (secondary N) is 1. The van der Waals surface area contributed by atoms with E-state index >= 15 is 0 Å². The van der Waals surface area contributed by atoms with Crippen molar-refractivity contribution in [3.05, 3.63) is 36.4 Å². The zero-order valence-corrected chi connectivity index (χ0v) is 28.1. The Morgan fingerprint density at radius 2 is 1.68 bits per heavy atom. The first-order valence-corrected chi connectivity index (χ1v) is 17.1. The molecule has 0 radical (unpaired) electrons. The largest absolute Gasteiger partial charge is 0.444 e. The summed E-state index contributed by atoms with van der Waals surface area (Å²) in [5.74, 6) is 0.956. The molecular weight excluding hydrogens is 639 g/mol. The highest BCUT2D eigenvalue weighted by molar-refractivity contribution is 7.89. The molecule has 0 aliphatic carbocycles. The molecule has 12 nitrogen and oxygen atoms in total. The number of rotatable bonds is 6. The third-order valence-corrected chi connectivity index (χ3v) is 10.4. The van der Waals surface area contributed by atoms with Gasteiger partial charge in [-0.1, -0.05) is 6.07 Å². The number of aromatic nitrogens is 1. The Labute approximate surface area is 273 Å². The fourth-order valence-corrected chi connectivity index (χ4v) is 7.69. The van der Waals surface area contributed by atoms with Crippen LogP contribution in [0.2, 0.25) is 0 Å². The molecule has 1 aromatic heterocycles. The Morgan fingerprint density at radius 1 is 1.02 bits per heavy atom. The molecule has 1 aromatic carbocycles. The predicted octanol–water partition coefficient (Wildman–Crippen LogP) is 4.26. The first-order valence-electron chi connectivity index (χ1n) is 15.6. The number of piperidine rings is 1. The number of piperazine rings is 1. The lowest BCUT2D eigenvalue weighted by Crippen LogP contribution is -2.57. The van der Waals surface area contributed by atoms with E-state index in [1.807, 2.05) is 32.6 Å². The molecule has 3 aliphatic heterocycles. The molecule has 16 heteroatoms. The SMILES string of the molecule is C[C@@H]1C(=O)N(C)c2ccc(Nc3cccc(S(=O)(=O)N4CCN(CC(F)(F)F)CC4)c3)nc2N1C1CCN(C(=O)OC(C)(C)C)CC1. The van der Waals surface area contributed by atoms with Crippen molar-refractivity contribution in [2.45, 2.75) is 69.3 Å². The van der Waals surface area contributed by atoms with Gasteiger partial charge in [-0.15, -0.1) is 0 Å². The number of ether oxygens (including phenoxy) is 1. The molecule has 258 valence electrons. The Balaban J connectivity index is 1.32. The van der Waals surface area contributed by atoms with Gasteiger partial charge in [-0.2, -0.15) is 17.5 Å². The third-order valence-electron chi connectivity index (χ3n) is 8.55. The van der Waals surface area contributed by atoms with Gasteiger partial charge in [0.2, 0.25) is 15.9 Å². The summed E-state index contributed by atoms with van der Waals surface area (Å²) in [7, 11) is -2.25. The average Bonchev–Trinajstić information content (AvgIpc) is 2.99. The van der Waals surface area contributed by atoms with Gasteiger partial charge in [0.05, 0.1) is 17.1 Å². The van der Waals surface area contributed by atoms with Crippen molar-refractivity contribution < 1.29 is 35.9 Å². The summed E-state index contributed by atoms with van der Waals surface area (Å²) in [6, 6.07) is 9.15. The average molecular weight is 682 g/mol. The minimum atomic E-state index is -4.34. The maximum atomic E-state index is 13.4. The number of hydrogen-bond acceptors (Lipinski definition) is 9. The maximum absolute atomic E-state index is 13.4.